The fourth-order valence-electron chi connectivity index (χ4n) is 8.59. The number of carbonyl (C=O) groups excluding carboxylic acids is 3. The molecule has 13 heteroatoms. The Morgan fingerprint density at radius 3 is 2.14 bits per heavy atom. The van der Waals surface area contributed by atoms with E-state index in [0.29, 0.717) is 31.2 Å². The van der Waals surface area contributed by atoms with E-state index < -0.39 is 89.4 Å². The number of benzene rings is 1. The Morgan fingerprint density at radius 1 is 0.820 bits per heavy atom. The van der Waals surface area contributed by atoms with E-state index >= 15 is 0 Å². The summed E-state index contributed by atoms with van der Waals surface area (Å²) >= 11 is 0. The number of carbonyl (C=O) groups is 3. The lowest BCUT2D eigenvalue weighted by Gasteiger charge is -2.55. The molecule has 0 radical (unpaired) electrons. The average molecular weight is 699 g/mol. The summed E-state index contributed by atoms with van der Waals surface area (Å²) in [5, 5.41) is 54.9. The third kappa shape index (κ3) is 5.71. The van der Waals surface area contributed by atoms with Crippen molar-refractivity contribution in [3.8, 4) is 5.75 Å². The second-order valence-corrected chi connectivity index (χ2v) is 15.1. The number of rotatable bonds is 5. The number of allylic oxidation sites excluding steroid dienone is 2. The number of fused-ring (bicyclic) bond motifs is 3. The van der Waals surface area contributed by atoms with Crippen molar-refractivity contribution in [3.63, 3.8) is 0 Å². The summed E-state index contributed by atoms with van der Waals surface area (Å²) in [5.74, 6) is -2.73. The zero-order chi connectivity index (χ0) is 35.9. The first-order valence-electron chi connectivity index (χ1n) is 17.6. The van der Waals surface area contributed by atoms with Crippen molar-refractivity contribution < 1.29 is 63.6 Å². The van der Waals surface area contributed by atoms with Crippen LogP contribution in [0.15, 0.2) is 35.4 Å². The van der Waals surface area contributed by atoms with Crippen LogP contribution in [-0.2, 0) is 28.5 Å². The Labute approximate surface area is 289 Å². The first-order chi connectivity index (χ1) is 23.5. The van der Waals surface area contributed by atoms with Gasteiger partial charge >= 0.3 is 0 Å². The number of aliphatic hydroxyl groups is 4. The van der Waals surface area contributed by atoms with Crippen LogP contribution in [0.25, 0.3) is 0 Å². The van der Waals surface area contributed by atoms with Crippen molar-refractivity contribution in [2.45, 2.75) is 151 Å². The van der Waals surface area contributed by atoms with Crippen molar-refractivity contribution >= 4 is 17.3 Å². The number of hydrogen-bond acceptors (Lipinski definition) is 13. The van der Waals surface area contributed by atoms with Crippen molar-refractivity contribution in [3.05, 3.63) is 52.1 Å². The molecule has 5 N–H and O–H groups in total. The van der Waals surface area contributed by atoms with Crippen LogP contribution >= 0.6 is 0 Å². The van der Waals surface area contributed by atoms with Crippen LogP contribution in [-0.4, -0.2) is 109 Å². The van der Waals surface area contributed by atoms with Gasteiger partial charge in [-0.15, -0.1) is 0 Å². The molecule has 0 aromatic heterocycles. The standard InChI is InChI=1S/C37H46O13/c1-17-23(38)7-11-28(47-17)49-25-9-10-26(46-19(25)3)20-5-6-21-30(32(20)41)33(42)22-13-14-36(45)16-35(4,44)15-27(40)37(36,31(22)34(21)43)50-29-12-8-24(39)18(2)48-29/h5-6,13-14,17-19,23-26,28-29,38-39,41,44-45H,7-12,15-16H2,1-4H3. The maximum atomic E-state index is 14.5. The van der Waals surface area contributed by atoms with Gasteiger partial charge < -0.3 is 49.2 Å². The van der Waals surface area contributed by atoms with Gasteiger partial charge in [-0.2, -0.15) is 0 Å². The van der Waals surface area contributed by atoms with Crippen molar-refractivity contribution in [1.29, 1.82) is 0 Å². The van der Waals surface area contributed by atoms with Gasteiger partial charge in [0.25, 0.3) is 0 Å². The predicted octanol–water partition coefficient (Wildman–Crippen LogP) is 2.64. The van der Waals surface area contributed by atoms with Gasteiger partial charge in [-0.1, -0.05) is 12.1 Å². The van der Waals surface area contributed by atoms with Crippen LogP contribution < -0.4 is 0 Å². The first kappa shape index (κ1) is 35.5. The van der Waals surface area contributed by atoms with Gasteiger partial charge in [0, 0.05) is 42.4 Å². The Bertz CT molecular complexity index is 1650. The molecule has 4 fully saturated rings. The maximum absolute atomic E-state index is 14.5. The van der Waals surface area contributed by atoms with Crippen molar-refractivity contribution in [2.75, 3.05) is 0 Å². The molecule has 0 amide bonds. The molecular weight excluding hydrogens is 652 g/mol. The fraction of sp³-hybridized carbons (Fsp3) is 0.649. The highest BCUT2D eigenvalue weighted by Crippen LogP contribution is 2.54. The van der Waals surface area contributed by atoms with Gasteiger partial charge in [0.2, 0.25) is 0 Å². The quantitative estimate of drug-likeness (QED) is 0.301. The molecule has 272 valence electrons. The lowest BCUT2D eigenvalue weighted by atomic mass is 9.57. The molecule has 7 rings (SSSR count). The second kappa shape index (κ2) is 12.7. The zero-order valence-electron chi connectivity index (χ0n) is 28.7. The molecule has 3 aliphatic carbocycles. The third-order valence-electron chi connectivity index (χ3n) is 11.3. The SMILES string of the molecule is CC1OC(OC2CCC(c3ccc4c(c3O)C(=O)C3=C(C4=O)C4(OC5CCC(O)C(C)O5)C(=O)CC(C)(O)CC4(O)C=C3)OC2C)CCC1O. The first-order valence-corrected chi connectivity index (χ1v) is 17.6. The molecule has 3 heterocycles. The average Bonchev–Trinajstić information content (AvgIpc) is 3.04. The van der Waals surface area contributed by atoms with Crippen LogP contribution in [0, 0.1) is 0 Å². The van der Waals surface area contributed by atoms with Crippen LogP contribution in [0.1, 0.15) is 111 Å². The molecule has 0 bridgehead atoms. The van der Waals surface area contributed by atoms with Crippen LogP contribution in [0.3, 0.4) is 0 Å². The minimum atomic E-state index is -2.40. The Hall–Kier alpha value is -2.85. The number of ether oxygens (including phenoxy) is 5. The van der Waals surface area contributed by atoms with Gasteiger partial charge in [0.05, 0.1) is 59.5 Å². The van der Waals surface area contributed by atoms with Gasteiger partial charge in [-0.3, -0.25) is 14.4 Å². The summed E-state index contributed by atoms with van der Waals surface area (Å²) in [6, 6.07) is 2.94. The Balaban J connectivity index is 1.20. The largest absolute Gasteiger partial charge is 0.507 e. The number of hydrogen-bond donors (Lipinski definition) is 5. The molecule has 1 saturated carbocycles. The normalized spacial score (nSPS) is 43.4. The van der Waals surface area contributed by atoms with Crippen LogP contribution in [0.2, 0.25) is 0 Å². The van der Waals surface area contributed by atoms with Gasteiger partial charge in [-0.25, -0.2) is 0 Å². The zero-order valence-corrected chi connectivity index (χ0v) is 28.7. The number of aliphatic hydroxyl groups excluding tert-OH is 2. The number of ketones is 3. The maximum Gasteiger partial charge on any atom is 0.198 e. The highest BCUT2D eigenvalue weighted by Gasteiger charge is 2.69. The summed E-state index contributed by atoms with van der Waals surface area (Å²) < 4.78 is 30.5. The molecule has 6 aliphatic rings. The van der Waals surface area contributed by atoms with Gasteiger partial charge in [0.1, 0.15) is 11.4 Å². The highest BCUT2D eigenvalue weighted by molar-refractivity contribution is 6.32. The third-order valence-corrected chi connectivity index (χ3v) is 11.3. The van der Waals surface area contributed by atoms with E-state index in [9.17, 15) is 39.9 Å². The summed E-state index contributed by atoms with van der Waals surface area (Å²) in [6.07, 6.45) is -1.10. The van der Waals surface area contributed by atoms with Crippen molar-refractivity contribution in [2.24, 2.45) is 0 Å². The van der Waals surface area contributed by atoms with E-state index in [2.05, 4.69) is 0 Å². The highest BCUT2D eigenvalue weighted by atomic mass is 16.7. The minimum Gasteiger partial charge on any atom is -0.507 e. The Kier molecular flexibility index (Phi) is 9.01. The van der Waals surface area contributed by atoms with E-state index in [-0.39, 0.29) is 53.7 Å². The molecule has 3 saturated heterocycles. The van der Waals surface area contributed by atoms with E-state index in [1.165, 1.54) is 31.2 Å². The number of phenols is 1. The lowest BCUT2D eigenvalue weighted by molar-refractivity contribution is -0.282. The fourth-order valence-corrected chi connectivity index (χ4v) is 8.59. The molecular formula is C37H46O13. The minimum absolute atomic E-state index is 0.143. The summed E-state index contributed by atoms with van der Waals surface area (Å²) in [6.45, 7) is 6.69. The molecule has 12 unspecified atom stereocenters. The molecule has 1 aromatic rings. The molecule has 1 aromatic carbocycles. The number of Topliss-reactive ketones (excluding diaryl/α,β-unsaturated/α-hetero) is 3. The van der Waals surface area contributed by atoms with E-state index in [1.54, 1.807) is 13.8 Å². The summed E-state index contributed by atoms with van der Waals surface area (Å²) in [4.78, 5) is 43.0. The van der Waals surface area contributed by atoms with Gasteiger partial charge in [-0.05, 0) is 65.5 Å². The molecule has 13 nitrogen and oxygen atoms in total. The molecule has 12 atom stereocenters. The van der Waals surface area contributed by atoms with Crippen molar-refractivity contribution in [1.82, 2.24) is 0 Å². The number of aromatic hydroxyl groups is 1. The summed E-state index contributed by atoms with van der Waals surface area (Å²) in [7, 11) is 0. The van der Waals surface area contributed by atoms with Gasteiger partial charge in [0.15, 0.2) is 35.5 Å². The molecule has 0 spiro atoms. The number of phenolic OH excluding ortho intramolecular Hbond substituents is 1. The van der Waals surface area contributed by atoms with E-state index in [1.807, 2.05) is 6.92 Å². The summed E-state index contributed by atoms with van der Waals surface area (Å²) in [5.41, 5.74) is -6.94. The second-order valence-electron chi connectivity index (χ2n) is 15.1. The smallest absolute Gasteiger partial charge is 0.198 e. The van der Waals surface area contributed by atoms with Crippen LogP contribution in [0.5, 0.6) is 5.75 Å². The predicted molar refractivity (Wildman–Crippen MR) is 173 cm³/mol. The van der Waals surface area contributed by atoms with E-state index in [4.69, 9.17) is 23.7 Å². The topological polar surface area (TPSA) is 199 Å². The van der Waals surface area contributed by atoms with E-state index in [0.717, 1.165) is 0 Å². The lowest BCUT2D eigenvalue weighted by Crippen LogP contribution is -2.71. The monoisotopic (exact) mass is 698 g/mol. The molecule has 3 aliphatic heterocycles. The van der Waals surface area contributed by atoms with Crippen LogP contribution in [0.4, 0.5) is 0 Å². The Morgan fingerprint density at radius 2 is 1.48 bits per heavy atom. The molecule has 50 heavy (non-hydrogen) atoms.